The van der Waals surface area contributed by atoms with Crippen LogP contribution in [-0.2, 0) is 11.3 Å². The number of amides is 1. The standard InChI is InChI=1S/C19H17BrN2O5/c20-12-10-16-17(26-9-8-25-16)11-13(12)21-18(23)6-3-7-22-14-4-1-2-5-15(14)27-19(22)24/h1-2,4-5,10-11H,3,6-9H2,(H,21,23). The Kier molecular flexibility index (Phi) is 4.89. The van der Waals surface area contributed by atoms with Gasteiger partial charge in [-0.3, -0.25) is 9.36 Å². The highest BCUT2D eigenvalue weighted by Crippen LogP contribution is 2.38. The molecule has 0 atom stereocenters. The van der Waals surface area contributed by atoms with E-state index in [4.69, 9.17) is 13.9 Å². The maximum atomic E-state index is 12.3. The molecular weight excluding hydrogens is 416 g/mol. The number of halogens is 1. The summed E-state index contributed by atoms with van der Waals surface area (Å²) < 4.78 is 18.5. The van der Waals surface area contributed by atoms with Crippen molar-refractivity contribution in [2.24, 2.45) is 0 Å². The van der Waals surface area contributed by atoms with Crippen LogP contribution < -0.4 is 20.5 Å². The Balaban J connectivity index is 1.39. The molecule has 27 heavy (non-hydrogen) atoms. The topological polar surface area (TPSA) is 82.7 Å². The van der Waals surface area contributed by atoms with Gasteiger partial charge in [0.25, 0.3) is 0 Å². The number of aryl methyl sites for hydroxylation is 1. The Labute approximate surface area is 163 Å². The van der Waals surface area contributed by atoms with Crippen LogP contribution in [0.1, 0.15) is 12.8 Å². The predicted molar refractivity (Wildman–Crippen MR) is 103 cm³/mol. The molecule has 3 aromatic rings. The van der Waals surface area contributed by atoms with Crippen LogP contribution in [0.2, 0.25) is 0 Å². The summed E-state index contributed by atoms with van der Waals surface area (Å²) in [7, 11) is 0. The van der Waals surface area contributed by atoms with Gasteiger partial charge in [-0.25, -0.2) is 4.79 Å². The molecule has 1 aliphatic heterocycles. The molecule has 1 amide bonds. The molecule has 1 aromatic heterocycles. The smallest absolute Gasteiger partial charge is 0.419 e. The maximum absolute atomic E-state index is 12.3. The van der Waals surface area contributed by atoms with E-state index in [-0.39, 0.29) is 12.3 Å². The Hall–Kier alpha value is -2.74. The lowest BCUT2D eigenvalue weighted by Gasteiger charge is -2.20. The van der Waals surface area contributed by atoms with E-state index in [0.717, 1.165) is 9.99 Å². The number of carbonyl (C=O) groups excluding carboxylic acids is 1. The molecule has 8 heteroatoms. The number of rotatable bonds is 5. The average Bonchev–Trinajstić information content (AvgIpc) is 2.98. The summed E-state index contributed by atoms with van der Waals surface area (Å²) in [5, 5.41) is 2.86. The molecule has 2 aromatic carbocycles. The number of para-hydroxylation sites is 2. The first kappa shape index (κ1) is 17.7. The molecule has 0 aliphatic carbocycles. The first-order valence-electron chi connectivity index (χ1n) is 8.59. The summed E-state index contributed by atoms with van der Waals surface area (Å²) >= 11 is 3.43. The van der Waals surface area contributed by atoms with Gasteiger partial charge in [-0.2, -0.15) is 0 Å². The quantitative estimate of drug-likeness (QED) is 0.666. The van der Waals surface area contributed by atoms with Gasteiger partial charge in [0.2, 0.25) is 5.91 Å². The van der Waals surface area contributed by atoms with E-state index in [0.29, 0.717) is 48.9 Å². The molecule has 0 bridgehead atoms. The van der Waals surface area contributed by atoms with Gasteiger partial charge >= 0.3 is 5.76 Å². The van der Waals surface area contributed by atoms with Crippen molar-refractivity contribution in [2.45, 2.75) is 19.4 Å². The third-order valence-electron chi connectivity index (χ3n) is 4.27. The zero-order valence-corrected chi connectivity index (χ0v) is 16.0. The first-order chi connectivity index (χ1) is 13.1. The number of anilines is 1. The van der Waals surface area contributed by atoms with Crippen LogP contribution in [0.4, 0.5) is 5.69 Å². The van der Waals surface area contributed by atoms with E-state index in [1.54, 1.807) is 22.8 Å². The van der Waals surface area contributed by atoms with Crippen molar-refractivity contribution in [1.82, 2.24) is 4.57 Å². The minimum absolute atomic E-state index is 0.145. The highest BCUT2D eigenvalue weighted by Gasteiger charge is 2.16. The van der Waals surface area contributed by atoms with Gasteiger partial charge in [0.1, 0.15) is 13.2 Å². The van der Waals surface area contributed by atoms with E-state index in [9.17, 15) is 9.59 Å². The van der Waals surface area contributed by atoms with Crippen molar-refractivity contribution in [1.29, 1.82) is 0 Å². The van der Waals surface area contributed by atoms with Crippen LogP contribution in [0, 0.1) is 0 Å². The lowest BCUT2D eigenvalue weighted by Crippen LogP contribution is -2.18. The number of benzene rings is 2. The van der Waals surface area contributed by atoms with E-state index in [1.165, 1.54) is 0 Å². The second kappa shape index (κ2) is 7.48. The first-order valence-corrected chi connectivity index (χ1v) is 9.38. The summed E-state index contributed by atoms with van der Waals surface area (Å²) in [6.07, 6.45) is 0.782. The van der Waals surface area contributed by atoms with Gasteiger partial charge in [0.05, 0.1) is 11.2 Å². The number of hydrogen-bond acceptors (Lipinski definition) is 5. The number of carbonyl (C=O) groups is 1. The second-order valence-corrected chi connectivity index (χ2v) is 6.97. The predicted octanol–water partition coefficient (Wildman–Crippen LogP) is 3.55. The van der Waals surface area contributed by atoms with Gasteiger partial charge in [-0.15, -0.1) is 0 Å². The largest absolute Gasteiger partial charge is 0.486 e. The summed E-state index contributed by atoms with van der Waals surface area (Å²) in [6, 6.07) is 10.8. The van der Waals surface area contributed by atoms with Crippen molar-refractivity contribution in [2.75, 3.05) is 18.5 Å². The Morgan fingerprint density at radius 3 is 2.70 bits per heavy atom. The fourth-order valence-corrected chi connectivity index (χ4v) is 3.42. The molecule has 0 radical (unpaired) electrons. The van der Waals surface area contributed by atoms with Crippen LogP contribution in [-0.4, -0.2) is 23.7 Å². The summed E-state index contributed by atoms with van der Waals surface area (Å²) in [5.74, 6) is 0.702. The van der Waals surface area contributed by atoms with E-state index < -0.39 is 5.76 Å². The summed E-state index contributed by atoms with van der Waals surface area (Å²) in [5.41, 5.74) is 1.90. The highest BCUT2D eigenvalue weighted by atomic mass is 79.9. The van der Waals surface area contributed by atoms with Gasteiger partial charge in [0, 0.05) is 29.6 Å². The fraction of sp³-hybridized carbons (Fsp3) is 0.263. The third-order valence-corrected chi connectivity index (χ3v) is 4.92. The average molecular weight is 433 g/mol. The number of nitrogens with one attached hydrogen (secondary N) is 1. The summed E-state index contributed by atoms with van der Waals surface area (Å²) in [4.78, 5) is 24.2. The van der Waals surface area contributed by atoms with Gasteiger partial charge in [-0.05, 0) is 34.5 Å². The van der Waals surface area contributed by atoms with E-state index >= 15 is 0 Å². The fourth-order valence-electron chi connectivity index (χ4n) is 3.00. The van der Waals surface area contributed by atoms with Crippen LogP contribution in [0.5, 0.6) is 11.5 Å². The normalized spacial score (nSPS) is 12.9. The number of ether oxygens (including phenoxy) is 2. The number of aromatic nitrogens is 1. The lowest BCUT2D eigenvalue weighted by molar-refractivity contribution is -0.116. The van der Waals surface area contributed by atoms with Crippen LogP contribution in [0.3, 0.4) is 0 Å². The molecule has 140 valence electrons. The van der Waals surface area contributed by atoms with Crippen molar-refractivity contribution < 1.29 is 18.7 Å². The van der Waals surface area contributed by atoms with Gasteiger partial charge in [-0.1, -0.05) is 12.1 Å². The maximum Gasteiger partial charge on any atom is 0.419 e. The minimum Gasteiger partial charge on any atom is -0.486 e. The molecule has 0 saturated heterocycles. The number of fused-ring (bicyclic) bond motifs is 2. The van der Waals surface area contributed by atoms with Crippen molar-refractivity contribution >= 4 is 38.6 Å². The van der Waals surface area contributed by atoms with Crippen molar-refractivity contribution in [3.63, 3.8) is 0 Å². The molecule has 0 spiro atoms. The van der Waals surface area contributed by atoms with Gasteiger partial charge < -0.3 is 19.2 Å². The van der Waals surface area contributed by atoms with Crippen molar-refractivity contribution in [3.8, 4) is 11.5 Å². The Bertz CT molecular complexity index is 1060. The molecule has 2 heterocycles. The summed E-state index contributed by atoms with van der Waals surface area (Å²) in [6.45, 7) is 1.40. The monoisotopic (exact) mass is 432 g/mol. The van der Waals surface area contributed by atoms with Gasteiger partial charge in [0.15, 0.2) is 17.1 Å². The van der Waals surface area contributed by atoms with E-state index in [2.05, 4.69) is 21.2 Å². The minimum atomic E-state index is -0.411. The second-order valence-electron chi connectivity index (χ2n) is 6.11. The molecule has 7 nitrogen and oxygen atoms in total. The zero-order valence-electron chi connectivity index (χ0n) is 14.4. The Morgan fingerprint density at radius 1 is 1.15 bits per heavy atom. The number of hydrogen-bond donors (Lipinski definition) is 1. The van der Waals surface area contributed by atoms with Crippen LogP contribution in [0.25, 0.3) is 11.1 Å². The molecule has 0 unspecified atom stereocenters. The SMILES string of the molecule is O=C(CCCn1c(=O)oc2ccccc21)Nc1cc2c(cc1Br)OCCO2. The highest BCUT2D eigenvalue weighted by molar-refractivity contribution is 9.10. The molecule has 0 fully saturated rings. The van der Waals surface area contributed by atoms with Crippen molar-refractivity contribution in [3.05, 3.63) is 51.4 Å². The Morgan fingerprint density at radius 2 is 1.89 bits per heavy atom. The van der Waals surface area contributed by atoms with Crippen LogP contribution >= 0.6 is 15.9 Å². The lowest BCUT2D eigenvalue weighted by atomic mass is 10.2. The van der Waals surface area contributed by atoms with Crippen LogP contribution in [0.15, 0.2) is 50.1 Å². The molecular formula is C19H17BrN2O5. The number of nitrogens with zero attached hydrogens (tertiary/aromatic N) is 1. The van der Waals surface area contributed by atoms with E-state index in [1.807, 2.05) is 18.2 Å². The molecule has 1 N–H and O–H groups in total. The third kappa shape index (κ3) is 3.71. The number of oxazole rings is 1. The zero-order chi connectivity index (χ0) is 18.8. The molecule has 0 saturated carbocycles. The molecule has 1 aliphatic rings. The molecule has 4 rings (SSSR count).